The number of amides is 1. The molecule has 0 spiro atoms. The first kappa shape index (κ1) is 19.7. The summed E-state index contributed by atoms with van der Waals surface area (Å²) >= 11 is 0. The van der Waals surface area contributed by atoms with Gasteiger partial charge in [0.25, 0.3) is 0 Å². The summed E-state index contributed by atoms with van der Waals surface area (Å²) in [4.78, 5) is 20.3. The Kier molecular flexibility index (Phi) is 4.97. The zero-order chi connectivity index (χ0) is 20.6. The Bertz CT molecular complexity index is 921. The Morgan fingerprint density at radius 2 is 2.03 bits per heavy atom. The van der Waals surface area contributed by atoms with E-state index < -0.39 is 5.41 Å². The van der Waals surface area contributed by atoms with Crippen molar-refractivity contribution in [3.63, 3.8) is 0 Å². The Morgan fingerprint density at radius 3 is 2.69 bits per heavy atom. The van der Waals surface area contributed by atoms with E-state index in [1.165, 1.54) is 0 Å². The van der Waals surface area contributed by atoms with Crippen LogP contribution < -0.4 is 4.74 Å². The summed E-state index contributed by atoms with van der Waals surface area (Å²) in [7, 11) is 1.67. The molecule has 0 saturated heterocycles. The fourth-order valence-electron chi connectivity index (χ4n) is 5.38. The maximum Gasteiger partial charge on any atom is 0.233 e. The van der Waals surface area contributed by atoms with Crippen molar-refractivity contribution in [2.75, 3.05) is 7.11 Å². The van der Waals surface area contributed by atoms with E-state index in [9.17, 15) is 4.79 Å². The van der Waals surface area contributed by atoms with Crippen LogP contribution in [-0.4, -0.2) is 22.9 Å². The van der Waals surface area contributed by atoms with Gasteiger partial charge in [-0.1, -0.05) is 50.3 Å². The summed E-state index contributed by atoms with van der Waals surface area (Å²) in [5, 5.41) is 0. The zero-order valence-corrected chi connectivity index (χ0v) is 17.6. The number of rotatable bonds is 6. The van der Waals surface area contributed by atoms with E-state index in [1.807, 2.05) is 47.5 Å². The average Bonchev–Trinajstić information content (AvgIpc) is 3.27. The van der Waals surface area contributed by atoms with Crippen LogP contribution in [0.5, 0.6) is 5.75 Å². The summed E-state index contributed by atoms with van der Waals surface area (Å²) in [6.07, 6.45) is 6.54. The minimum Gasteiger partial charge on any atom is -0.496 e. The van der Waals surface area contributed by atoms with Crippen LogP contribution in [0.2, 0.25) is 0 Å². The highest BCUT2D eigenvalue weighted by molar-refractivity contribution is 5.87. The highest BCUT2D eigenvalue weighted by Crippen LogP contribution is 2.66. The molecule has 1 aromatic heterocycles. The molecule has 2 aliphatic rings. The fraction of sp³-hybridized carbons (Fsp3) is 0.440. The number of carbonyl (C=O) groups excluding carboxylic acids is 1. The Hall–Kier alpha value is -2.62. The second kappa shape index (κ2) is 7.33. The molecule has 2 aromatic rings. The fourth-order valence-corrected chi connectivity index (χ4v) is 5.38. The van der Waals surface area contributed by atoms with E-state index in [0.717, 1.165) is 41.7 Å². The molecule has 1 heterocycles. The van der Waals surface area contributed by atoms with Crippen molar-refractivity contribution in [1.82, 2.24) is 9.88 Å². The highest BCUT2D eigenvalue weighted by atomic mass is 16.5. The zero-order valence-electron chi connectivity index (χ0n) is 17.6. The lowest BCUT2D eigenvalue weighted by molar-refractivity contribution is -0.141. The molecule has 4 rings (SSSR count). The van der Waals surface area contributed by atoms with E-state index in [4.69, 9.17) is 4.74 Å². The van der Waals surface area contributed by atoms with Crippen LogP contribution in [-0.2, 0) is 17.9 Å². The first-order valence-electron chi connectivity index (χ1n) is 10.4. The van der Waals surface area contributed by atoms with Gasteiger partial charge in [-0.25, -0.2) is 0 Å². The molecule has 0 radical (unpaired) electrons. The number of ether oxygens (including phenoxy) is 1. The number of methoxy groups -OCH3 is 1. The van der Waals surface area contributed by atoms with Crippen LogP contribution in [0.4, 0.5) is 0 Å². The van der Waals surface area contributed by atoms with Crippen LogP contribution >= 0.6 is 0 Å². The lowest BCUT2D eigenvalue weighted by atomic mass is 9.68. The Morgan fingerprint density at radius 1 is 1.24 bits per heavy atom. The van der Waals surface area contributed by atoms with Crippen LogP contribution in [0.3, 0.4) is 0 Å². The molecule has 2 aliphatic carbocycles. The van der Waals surface area contributed by atoms with Gasteiger partial charge in [0, 0.05) is 31.0 Å². The molecular weight excluding hydrogens is 360 g/mol. The number of benzene rings is 1. The van der Waals surface area contributed by atoms with Crippen molar-refractivity contribution in [2.24, 2.45) is 16.7 Å². The molecule has 4 heteroatoms. The number of nitrogens with zero attached hydrogens (tertiary/aromatic N) is 2. The second-order valence-electron chi connectivity index (χ2n) is 9.06. The lowest BCUT2D eigenvalue weighted by Crippen LogP contribution is -2.43. The smallest absolute Gasteiger partial charge is 0.233 e. The second-order valence-corrected chi connectivity index (χ2v) is 9.06. The summed E-state index contributed by atoms with van der Waals surface area (Å²) < 4.78 is 5.55. The van der Waals surface area contributed by atoms with Gasteiger partial charge in [0.2, 0.25) is 5.91 Å². The van der Waals surface area contributed by atoms with Crippen LogP contribution in [0, 0.1) is 16.7 Å². The number of carbonyl (C=O) groups is 1. The van der Waals surface area contributed by atoms with Gasteiger partial charge in [-0.15, -0.1) is 0 Å². The molecule has 2 fully saturated rings. The molecule has 0 unspecified atom stereocenters. The average molecular weight is 391 g/mol. The predicted molar refractivity (Wildman–Crippen MR) is 114 cm³/mol. The largest absolute Gasteiger partial charge is 0.496 e. The summed E-state index contributed by atoms with van der Waals surface area (Å²) in [5.74, 6) is 1.56. The van der Waals surface area contributed by atoms with E-state index in [-0.39, 0.29) is 11.3 Å². The molecular formula is C25H30N2O2. The van der Waals surface area contributed by atoms with Gasteiger partial charge in [0.05, 0.1) is 12.5 Å². The van der Waals surface area contributed by atoms with Gasteiger partial charge in [-0.05, 0) is 48.3 Å². The SMILES string of the molecule is C=C1C(C)(C)[C@H]2CC[C@@]1(C(=O)N(Cc1cccnc1)Cc1ccccc1OC)C2. The van der Waals surface area contributed by atoms with Crippen LogP contribution in [0.1, 0.15) is 44.2 Å². The molecule has 2 bridgehead atoms. The van der Waals surface area contributed by atoms with Crippen molar-refractivity contribution in [3.8, 4) is 5.75 Å². The van der Waals surface area contributed by atoms with Gasteiger partial charge >= 0.3 is 0 Å². The first-order chi connectivity index (χ1) is 13.9. The summed E-state index contributed by atoms with van der Waals surface area (Å²) in [6, 6.07) is 11.9. The van der Waals surface area contributed by atoms with Crippen molar-refractivity contribution < 1.29 is 9.53 Å². The van der Waals surface area contributed by atoms with Gasteiger partial charge < -0.3 is 9.64 Å². The van der Waals surface area contributed by atoms with Crippen molar-refractivity contribution >= 4 is 5.91 Å². The molecule has 2 saturated carbocycles. The van der Waals surface area contributed by atoms with E-state index in [2.05, 4.69) is 25.4 Å². The number of para-hydroxylation sites is 1. The molecule has 0 N–H and O–H groups in total. The quantitative estimate of drug-likeness (QED) is 0.652. The molecule has 1 amide bonds. The minimum absolute atomic E-state index is 0.0261. The van der Waals surface area contributed by atoms with Gasteiger partial charge in [-0.2, -0.15) is 0 Å². The monoisotopic (exact) mass is 390 g/mol. The van der Waals surface area contributed by atoms with Crippen LogP contribution in [0.15, 0.2) is 60.9 Å². The number of pyridine rings is 1. The normalized spacial score (nSPS) is 24.5. The number of hydrogen-bond donors (Lipinski definition) is 0. The van der Waals surface area contributed by atoms with Gasteiger partial charge in [-0.3, -0.25) is 9.78 Å². The predicted octanol–water partition coefficient (Wildman–Crippen LogP) is 5.00. The Labute approximate surface area is 173 Å². The topological polar surface area (TPSA) is 42.4 Å². The third kappa shape index (κ3) is 3.25. The summed E-state index contributed by atoms with van der Waals surface area (Å²) in [6.45, 7) is 9.97. The maximum absolute atomic E-state index is 14.0. The molecule has 29 heavy (non-hydrogen) atoms. The maximum atomic E-state index is 14.0. The first-order valence-corrected chi connectivity index (χ1v) is 10.4. The van der Waals surface area contributed by atoms with Crippen molar-refractivity contribution in [2.45, 2.75) is 46.2 Å². The molecule has 1 aromatic carbocycles. The van der Waals surface area contributed by atoms with Gasteiger partial charge in [0.1, 0.15) is 5.75 Å². The molecule has 0 aliphatic heterocycles. The number of aromatic nitrogens is 1. The molecule has 4 nitrogen and oxygen atoms in total. The van der Waals surface area contributed by atoms with Crippen molar-refractivity contribution in [3.05, 3.63) is 72.1 Å². The van der Waals surface area contributed by atoms with E-state index in [1.54, 1.807) is 13.3 Å². The van der Waals surface area contributed by atoms with Crippen LogP contribution in [0.25, 0.3) is 0 Å². The standard InChI is InChI=1S/C25H30N2O2/c1-18-24(2,3)21-11-12-25(18,14-21)23(28)27(16-19-8-7-13-26-15-19)17-20-9-5-6-10-22(20)29-4/h5-10,13,15,21H,1,11-12,14,16-17H2,2-4H3/t21-,25+/m0/s1. The number of fused-ring (bicyclic) bond motifs is 2. The third-order valence-corrected chi connectivity index (χ3v) is 7.24. The minimum atomic E-state index is -0.432. The summed E-state index contributed by atoms with van der Waals surface area (Å²) in [5.41, 5.74) is 2.75. The third-order valence-electron chi connectivity index (χ3n) is 7.24. The highest BCUT2D eigenvalue weighted by Gasteiger charge is 2.61. The van der Waals surface area contributed by atoms with Gasteiger partial charge in [0.15, 0.2) is 0 Å². The number of hydrogen-bond acceptors (Lipinski definition) is 3. The van der Waals surface area contributed by atoms with E-state index in [0.29, 0.717) is 19.0 Å². The molecule has 152 valence electrons. The molecule has 2 atom stereocenters. The lowest BCUT2D eigenvalue weighted by Gasteiger charge is -2.40. The van der Waals surface area contributed by atoms with E-state index >= 15 is 0 Å². The Balaban J connectivity index is 1.68. The van der Waals surface area contributed by atoms with Crippen molar-refractivity contribution in [1.29, 1.82) is 0 Å².